The van der Waals surface area contributed by atoms with Crippen molar-refractivity contribution in [2.24, 2.45) is 0 Å². The van der Waals surface area contributed by atoms with Gasteiger partial charge in [-0.15, -0.1) is 0 Å². The van der Waals surface area contributed by atoms with Crippen molar-refractivity contribution in [3.63, 3.8) is 0 Å². The van der Waals surface area contributed by atoms with Crippen molar-refractivity contribution in [1.82, 2.24) is 0 Å². The van der Waals surface area contributed by atoms with E-state index in [1.807, 2.05) is 32.0 Å². The van der Waals surface area contributed by atoms with E-state index in [1.54, 1.807) is 18.2 Å². The van der Waals surface area contributed by atoms with Crippen molar-refractivity contribution in [2.45, 2.75) is 13.8 Å². The molecule has 0 spiro atoms. The number of nitrogens with one attached hydrogen (secondary N) is 1. The molecule has 0 heterocycles. The van der Waals surface area contributed by atoms with Gasteiger partial charge in [-0.1, -0.05) is 29.3 Å². The van der Waals surface area contributed by atoms with E-state index in [9.17, 15) is 4.79 Å². The molecule has 0 fully saturated rings. The lowest BCUT2D eigenvalue weighted by Crippen LogP contribution is -2.13. The SMILES string of the molecule is Cc1ccc(C)c(C(=O)Nc2ccc(Cl)c(N)c2)c1. The molecule has 0 unspecified atom stereocenters. The van der Waals surface area contributed by atoms with E-state index < -0.39 is 0 Å². The van der Waals surface area contributed by atoms with Gasteiger partial charge in [-0.25, -0.2) is 0 Å². The van der Waals surface area contributed by atoms with Gasteiger partial charge in [0.25, 0.3) is 5.91 Å². The number of carbonyl (C=O) groups excluding carboxylic acids is 1. The Morgan fingerprint density at radius 1 is 1.16 bits per heavy atom. The Morgan fingerprint density at radius 3 is 2.58 bits per heavy atom. The highest BCUT2D eigenvalue weighted by atomic mass is 35.5. The van der Waals surface area contributed by atoms with Gasteiger partial charge in [-0.2, -0.15) is 0 Å². The van der Waals surface area contributed by atoms with Crippen LogP contribution < -0.4 is 11.1 Å². The minimum atomic E-state index is -0.150. The second-order valence-electron chi connectivity index (χ2n) is 4.51. The fourth-order valence-corrected chi connectivity index (χ4v) is 1.92. The van der Waals surface area contributed by atoms with Crippen LogP contribution in [-0.4, -0.2) is 5.91 Å². The molecular formula is C15H15ClN2O. The molecule has 19 heavy (non-hydrogen) atoms. The van der Waals surface area contributed by atoms with Gasteiger partial charge < -0.3 is 11.1 Å². The number of nitrogen functional groups attached to an aromatic ring is 1. The van der Waals surface area contributed by atoms with E-state index in [0.29, 0.717) is 22.0 Å². The maximum absolute atomic E-state index is 12.2. The fourth-order valence-electron chi connectivity index (χ4n) is 1.80. The lowest BCUT2D eigenvalue weighted by Gasteiger charge is -2.09. The molecular weight excluding hydrogens is 260 g/mol. The standard InChI is InChI=1S/C15H15ClN2O/c1-9-3-4-10(2)12(7-9)15(19)18-11-5-6-13(16)14(17)8-11/h3-8H,17H2,1-2H3,(H,18,19). The topological polar surface area (TPSA) is 55.1 Å². The molecule has 3 N–H and O–H groups in total. The molecule has 4 heteroatoms. The predicted molar refractivity (Wildman–Crippen MR) is 79.7 cm³/mol. The zero-order valence-corrected chi connectivity index (χ0v) is 11.6. The summed E-state index contributed by atoms with van der Waals surface area (Å²) in [5, 5.41) is 3.29. The van der Waals surface area contributed by atoms with Gasteiger partial charge >= 0.3 is 0 Å². The number of carbonyl (C=O) groups is 1. The van der Waals surface area contributed by atoms with Gasteiger partial charge in [0.15, 0.2) is 0 Å². The Bertz CT molecular complexity index is 638. The van der Waals surface area contributed by atoms with E-state index in [1.165, 1.54) is 0 Å². The summed E-state index contributed by atoms with van der Waals surface area (Å²) in [5.41, 5.74) is 9.43. The molecule has 0 saturated carbocycles. The fraction of sp³-hybridized carbons (Fsp3) is 0.133. The summed E-state index contributed by atoms with van der Waals surface area (Å²) in [6.45, 7) is 3.86. The first-order chi connectivity index (χ1) is 8.97. The van der Waals surface area contributed by atoms with Gasteiger partial charge in [0.05, 0.1) is 10.7 Å². The zero-order chi connectivity index (χ0) is 14.0. The number of amides is 1. The monoisotopic (exact) mass is 274 g/mol. The summed E-state index contributed by atoms with van der Waals surface area (Å²) >= 11 is 5.84. The predicted octanol–water partition coefficient (Wildman–Crippen LogP) is 3.79. The average Bonchev–Trinajstić information content (AvgIpc) is 2.36. The molecule has 0 radical (unpaired) electrons. The van der Waals surface area contributed by atoms with E-state index in [2.05, 4.69) is 5.32 Å². The van der Waals surface area contributed by atoms with Crippen LogP contribution in [0, 0.1) is 13.8 Å². The van der Waals surface area contributed by atoms with Crippen LogP contribution in [-0.2, 0) is 0 Å². The second kappa shape index (κ2) is 5.33. The van der Waals surface area contributed by atoms with Crippen molar-refractivity contribution in [3.8, 4) is 0 Å². The van der Waals surface area contributed by atoms with Crippen LogP contribution in [0.15, 0.2) is 36.4 Å². The lowest BCUT2D eigenvalue weighted by molar-refractivity contribution is 0.102. The third kappa shape index (κ3) is 3.06. The highest BCUT2D eigenvalue weighted by Crippen LogP contribution is 2.23. The number of aryl methyl sites for hydroxylation is 2. The van der Waals surface area contributed by atoms with Crippen molar-refractivity contribution < 1.29 is 4.79 Å². The molecule has 2 rings (SSSR count). The second-order valence-corrected chi connectivity index (χ2v) is 4.92. The first-order valence-corrected chi connectivity index (χ1v) is 6.29. The quantitative estimate of drug-likeness (QED) is 0.819. The van der Waals surface area contributed by atoms with Crippen molar-refractivity contribution in [2.75, 3.05) is 11.1 Å². The summed E-state index contributed by atoms with van der Waals surface area (Å²) in [6.07, 6.45) is 0. The molecule has 2 aromatic carbocycles. The van der Waals surface area contributed by atoms with Crippen molar-refractivity contribution >= 4 is 28.9 Å². The highest BCUT2D eigenvalue weighted by molar-refractivity contribution is 6.33. The third-order valence-electron chi connectivity index (χ3n) is 2.89. The van der Waals surface area contributed by atoms with Crippen molar-refractivity contribution in [3.05, 3.63) is 58.1 Å². The smallest absolute Gasteiger partial charge is 0.255 e. The summed E-state index contributed by atoms with van der Waals surface area (Å²) in [6, 6.07) is 10.8. The van der Waals surface area contributed by atoms with Crippen LogP contribution >= 0.6 is 11.6 Å². The molecule has 3 nitrogen and oxygen atoms in total. The normalized spacial score (nSPS) is 10.3. The van der Waals surface area contributed by atoms with E-state index in [4.69, 9.17) is 17.3 Å². The molecule has 0 aromatic heterocycles. The highest BCUT2D eigenvalue weighted by Gasteiger charge is 2.10. The molecule has 0 atom stereocenters. The van der Waals surface area contributed by atoms with Crippen LogP contribution in [0.3, 0.4) is 0 Å². The van der Waals surface area contributed by atoms with Crippen LogP contribution in [0.4, 0.5) is 11.4 Å². The van der Waals surface area contributed by atoms with Crippen LogP contribution in [0.2, 0.25) is 5.02 Å². The molecule has 98 valence electrons. The van der Waals surface area contributed by atoms with Gasteiger partial charge in [-0.3, -0.25) is 4.79 Å². The summed E-state index contributed by atoms with van der Waals surface area (Å²) < 4.78 is 0. The minimum absolute atomic E-state index is 0.150. The maximum Gasteiger partial charge on any atom is 0.255 e. The molecule has 0 aliphatic carbocycles. The Kier molecular flexibility index (Phi) is 3.76. The number of rotatable bonds is 2. The van der Waals surface area contributed by atoms with Crippen LogP contribution in [0.25, 0.3) is 0 Å². The maximum atomic E-state index is 12.2. The Balaban J connectivity index is 2.25. The number of hydrogen-bond acceptors (Lipinski definition) is 2. The largest absolute Gasteiger partial charge is 0.397 e. The number of anilines is 2. The van der Waals surface area contributed by atoms with E-state index in [0.717, 1.165) is 11.1 Å². The Hall–Kier alpha value is -2.00. The molecule has 0 bridgehead atoms. The number of halogens is 1. The molecule has 0 aliphatic heterocycles. The molecule has 0 saturated heterocycles. The van der Waals surface area contributed by atoms with E-state index >= 15 is 0 Å². The number of hydrogen-bond donors (Lipinski definition) is 2. The first kappa shape index (κ1) is 13.4. The summed E-state index contributed by atoms with van der Waals surface area (Å²) in [5.74, 6) is -0.150. The lowest BCUT2D eigenvalue weighted by atomic mass is 10.1. The van der Waals surface area contributed by atoms with Gasteiger partial charge in [0, 0.05) is 11.3 Å². The minimum Gasteiger partial charge on any atom is -0.397 e. The van der Waals surface area contributed by atoms with E-state index in [-0.39, 0.29) is 5.91 Å². The number of nitrogens with two attached hydrogens (primary N) is 1. The van der Waals surface area contributed by atoms with Gasteiger partial charge in [0.2, 0.25) is 0 Å². The summed E-state index contributed by atoms with van der Waals surface area (Å²) in [7, 11) is 0. The zero-order valence-electron chi connectivity index (χ0n) is 10.8. The average molecular weight is 275 g/mol. The third-order valence-corrected chi connectivity index (χ3v) is 3.24. The van der Waals surface area contributed by atoms with Crippen LogP contribution in [0.5, 0.6) is 0 Å². The molecule has 1 amide bonds. The summed E-state index contributed by atoms with van der Waals surface area (Å²) in [4.78, 5) is 12.2. The molecule has 2 aromatic rings. The van der Waals surface area contributed by atoms with Crippen molar-refractivity contribution in [1.29, 1.82) is 0 Å². The molecule has 0 aliphatic rings. The van der Waals surface area contributed by atoms with Crippen LogP contribution in [0.1, 0.15) is 21.5 Å². The Morgan fingerprint density at radius 2 is 1.89 bits per heavy atom. The Labute approximate surface area is 117 Å². The number of benzene rings is 2. The van der Waals surface area contributed by atoms with Gasteiger partial charge in [0.1, 0.15) is 0 Å². The van der Waals surface area contributed by atoms with Gasteiger partial charge in [-0.05, 0) is 43.7 Å². The first-order valence-electron chi connectivity index (χ1n) is 5.91.